The molecular weight excluding hydrogens is 399 g/mol. The van der Waals surface area contributed by atoms with E-state index >= 15 is 0 Å². The van der Waals surface area contributed by atoms with Gasteiger partial charge in [0.2, 0.25) is 0 Å². The molecule has 27 heavy (non-hydrogen) atoms. The number of phosphoric acid groups is 1. The molecule has 2 fully saturated rings. The molecule has 2 aliphatic heterocycles. The monoisotopic (exact) mass is 422 g/mol. The summed E-state index contributed by atoms with van der Waals surface area (Å²) < 4.78 is 31.0. The van der Waals surface area contributed by atoms with Crippen LogP contribution in [0.25, 0.3) is 0 Å². The van der Waals surface area contributed by atoms with E-state index in [1.54, 1.807) is 0 Å². The molecule has 0 aliphatic carbocycles. The van der Waals surface area contributed by atoms with Crippen molar-refractivity contribution in [2.75, 3.05) is 13.2 Å². The van der Waals surface area contributed by atoms with Crippen LogP contribution in [0.4, 0.5) is 0 Å². The van der Waals surface area contributed by atoms with Gasteiger partial charge in [-0.15, -0.1) is 0 Å². The van der Waals surface area contributed by atoms with Gasteiger partial charge in [0.1, 0.15) is 48.8 Å². The fourth-order valence-corrected chi connectivity index (χ4v) is 3.52. The van der Waals surface area contributed by atoms with E-state index in [4.69, 9.17) is 19.7 Å². The molecule has 0 aromatic heterocycles. The third-order valence-corrected chi connectivity index (χ3v) is 5.12. The first-order chi connectivity index (χ1) is 12.5. The van der Waals surface area contributed by atoms with E-state index in [1.807, 2.05) is 0 Å². The Morgan fingerprint density at radius 2 is 1.00 bits per heavy atom. The van der Waals surface area contributed by atoms with Crippen molar-refractivity contribution in [1.29, 1.82) is 0 Å². The van der Waals surface area contributed by atoms with Crippen LogP contribution in [0.2, 0.25) is 0 Å². The molecule has 0 aromatic carbocycles. The molecule has 0 saturated carbocycles. The number of aliphatic hydroxyl groups excluding tert-OH is 8. The average molecular weight is 422 g/mol. The van der Waals surface area contributed by atoms with E-state index in [2.05, 4.69) is 9.05 Å². The lowest BCUT2D eigenvalue weighted by atomic mass is 9.99. The Kier molecular flexibility index (Phi) is 7.68. The molecule has 2 saturated heterocycles. The summed E-state index contributed by atoms with van der Waals surface area (Å²) in [6.45, 7) is -1.62. The van der Waals surface area contributed by atoms with Crippen LogP contribution in [0.15, 0.2) is 0 Å². The summed E-state index contributed by atoms with van der Waals surface area (Å²) in [6.07, 6.45) is -18.1. The zero-order valence-electron chi connectivity index (χ0n) is 13.7. The summed E-state index contributed by atoms with van der Waals surface area (Å²) in [5, 5.41) is 76.2. The fraction of sp³-hybridized carbons (Fsp3) is 1.00. The molecule has 15 heteroatoms. The lowest BCUT2D eigenvalue weighted by molar-refractivity contribution is -0.296. The largest absolute Gasteiger partial charge is 0.477 e. The van der Waals surface area contributed by atoms with Gasteiger partial charge in [0.05, 0.1) is 13.2 Å². The highest BCUT2D eigenvalue weighted by atomic mass is 31.2. The predicted octanol–water partition coefficient (Wildman–Crippen LogP) is -5.28. The normalized spacial score (nSPS) is 48.2. The van der Waals surface area contributed by atoms with Crippen LogP contribution < -0.4 is 0 Å². The molecule has 11 atom stereocenters. The standard InChI is InChI=1S/C12H23O14P/c13-1-3-5(15)7(17)9(19)11(23-3)25-27(21,22)26-12-10(20)8(18)6(16)4(2-14)24-12/h3-20H,1-2H2,(H,21,22)/t3?,4?,5-,6+,7+,8?,9?,10-,11-,12+/m0/s1. The lowest BCUT2D eigenvalue weighted by Crippen LogP contribution is -2.59. The molecule has 0 radical (unpaired) electrons. The zero-order valence-corrected chi connectivity index (χ0v) is 14.6. The van der Waals surface area contributed by atoms with Gasteiger partial charge in [0.25, 0.3) is 0 Å². The Balaban J connectivity index is 2.06. The SMILES string of the molecule is O=P(O)(O[C@@H]1OC(CO)[C@H](O)[C@@H](O)C1O)O[C@H]1OC(CO)[C@@H](O)C(O)[C@@H]1O. The number of phosphoric ester groups is 1. The van der Waals surface area contributed by atoms with Crippen molar-refractivity contribution in [1.82, 2.24) is 0 Å². The summed E-state index contributed by atoms with van der Waals surface area (Å²) in [7, 11) is -5.19. The van der Waals surface area contributed by atoms with Crippen LogP contribution in [0.1, 0.15) is 0 Å². The Morgan fingerprint density at radius 3 is 1.30 bits per heavy atom. The molecule has 2 heterocycles. The molecule has 2 rings (SSSR count). The van der Waals surface area contributed by atoms with E-state index in [0.29, 0.717) is 0 Å². The second-order valence-corrected chi connectivity index (χ2v) is 7.43. The van der Waals surface area contributed by atoms with Gasteiger partial charge in [0, 0.05) is 0 Å². The molecule has 2 aliphatic rings. The van der Waals surface area contributed by atoms with Gasteiger partial charge < -0.3 is 55.2 Å². The van der Waals surface area contributed by atoms with Crippen LogP contribution in [0.5, 0.6) is 0 Å². The Hall–Kier alpha value is -0.290. The molecule has 0 aromatic rings. The molecule has 0 bridgehead atoms. The second kappa shape index (κ2) is 9.02. The first-order valence-electron chi connectivity index (χ1n) is 7.83. The van der Waals surface area contributed by atoms with Crippen molar-refractivity contribution in [2.45, 2.75) is 61.4 Å². The summed E-state index contributed by atoms with van der Waals surface area (Å²) in [4.78, 5) is 9.79. The predicted molar refractivity (Wildman–Crippen MR) is 79.5 cm³/mol. The topological polar surface area (TPSA) is 236 Å². The summed E-state index contributed by atoms with van der Waals surface area (Å²) in [5.41, 5.74) is 0. The third-order valence-electron chi connectivity index (χ3n) is 4.17. The quantitative estimate of drug-likeness (QED) is 0.182. The van der Waals surface area contributed by atoms with E-state index in [0.717, 1.165) is 0 Å². The third kappa shape index (κ3) is 5.01. The summed E-state index contributed by atoms with van der Waals surface area (Å²) >= 11 is 0. The van der Waals surface area contributed by atoms with Crippen LogP contribution >= 0.6 is 7.82 Å². The Labute approximate surface area is 152 Å². The van der Waals surface area contributed by atoms with Crippen LogP contribution in [-0.2, 0) is 23.1 Å². The van der Waals surface area contributed by atoms with Crippen LogP contribution in [-0.4, -0.2) is 120 Å². The average Bonchev–Trinajstić information content (AvgIpc) is 2.62. The maximum Gasteiger partial charge on any atom is 0.477 e. The van der Waals surface area contributed by atoms with Crippen molar-refractivity contribution in [3.63, 3.8) is 0 Å². The fourth-order valence-electron chi connectivity index (χ4n) is 2.60. The van der Waals surface area contributed by atoms with Gasteiger partial charge in [-0.3, -0.25) is 9.05 Å². The van der Waals surface area contributed by atoms with Gasteiger partial charge in [-0.1, -0.05) is 0 Å². The van der Waals surface area contributed by atoms with E-state index < -0.39 is 82.4 Å². The van der Waals surface area contributed by atoms with E-state index in [1.165, 1.54) is 0 Å². The number of hydrogen-bond acceptors (Lipinski definition) is 13. The molecule has 160 valence electrons. The van der Waals surface area contributed by atoms with Gasteiger partial charge >= 0.3 is 7.82 Å². The van der Waals surface area contributed by atoms with Gasteiger partial charge in [-0.2, -0.15) is 0 Å². The molecule has 0 amide bonds. The van der Waals surface area contributed by atoms with E-state index in [9.17, 15) is 40.1 Å². The molecule has 5 unspecified atom stereocenters. The van der Waals surface area contributed by atoms with Crippen LogP contribution in [0.3, 0.4) is 0 Å². The number of hydrogen-bond donors (Lipinski definition) is 9. The molecule has 0 spiro atoms. The smallest absolute Gasteiger partial charge is 0.394 e. The Bertz CT molecular complexity index is 488. The summed E-state index contributed by atoms with van der Waals surface area (Å²) in [5.74, 6) is 0. The van der Waals surface area contributed by atoms with Crippen molar-refractivity contribution in [3.05, 3.63) is 0 Å². The highest BCUT2D eigenvalue weighted by molar-refractivity contribution is 7.47. The van der Waals surface area contributed by atoms with Crippen molar-refractivity contribution in [2.24, 2.45) is 0 Å². The molecule has 14 nitrogen and oxygen atoms in total. The second-order valence-electron chi connectivity index (χ2n) is 6.07. The first-order valence-corrected chi connectivity index (χ1v) is 9.32. The molecule has 9 N–H and O–H groups in total. The number of aliphatic hydroxyl groups is 8. The minimum absolute atomic E-state index is 0.811. The number of rotatable bonds is 6. The highest BCUT2D eigenvalue weighted by Crippen LogP contribution is 2.49. The summed E-state index contributed by atoms with van der Waals surface area (Å²) in [6, 6.07) is 0. The van der Waals surface area contributed by atoms with Crippen molar-refractivity contribution >= 4 is 7.82 Å². The molecular formula is C12H23O14P. The van der Waals surface area contributed by atoms with Gasteiger partial charge in [-0.05, 0) is 0 Å². The van der Waals surface area contributed by atoms with Gasteiger partial charge in [-0.25, -0.2) is 4.57 Å². The van der Waals surface area contributed by atoms with Gasteiger partial charge in [0.15, 0.2) is 12.6 Å². The zero-order chi connectivity index (χ0) is 20.5. The highest BCUT2D eigenvalue weighted by Gasteiger charge is 2.50. The lowest BCUT2D eigenvalue weighted by Gasteiger charge is -2.41. The minimum Gasteiger partial charge on any atom is -0.394 e. The Morgan fingerprint density at radius 1 is 0.667 bits per heavy atom. The number of ether oxygens (including phenoxy) is 2. The van der Waals surface area contributed by atoms with Crippen LogP contribution in [0, 0.1) is 0 Å². The van der Waals surface area contributed by atoms with Crippen molar-refractivity contribution < 1.29 is 68.8 Å². The first kappa shape index (κ1) is 23.0. The maximum absolute atomic E-state index is 12.1. The minimum atomic E-state index is -5.19. The maximum atomic E-state index is 12.1. The van der Waals surface area contributed by atoms with Crippen molar-refractivity contribution in [3.8, 4) is 0 Å². The van der Waals surface area contributed by atoms with E-state index in [-0.39, 0.29) is 0 Å².